The number of nitrogens with zero attached hydrogens (tertiary/aromatic N) is 2. The van der Waals surface area contributed by atoms with Crippen molar-refractivity contribution in [1.29, 1.82) is 0 Å². The lowest BCUT2D eigenvalue weighted by molar-refractivity contribution is 0.952. The van der Waals surface area contributed by atoms with Gasteiger partial charge >= 0.3 is 0 Å². The number of benzene rings is 8. The molecule has 2 nitrogen and oxygen atoms in total. The Labute approximate surface area is 334 Å². The molecule has 2 heteroatoms. The molecule has 9 aromatic rings. The highest BCUT2D eigenvalue weighted by molar-refractivity contribution is 6.18. The van der Waals surface area contributed by atoms with Crippen LogP contribution in [0.2, 0.25) is 0 Å². The molecule has 0 unspecified atom stereocenters. The smallest absolute Gasteiger partial charge is 0.0746 e. The predicted molar refractivity (Wildman–Crippen MR) is 242 cm³/mol. The van der Waals surface area contributed by atoms with E-state index in [0.29, 0.717) is 0 Å². The van der Waals surface area contributed by atoms with E-state index in [2.05, 4.69) is 195 Å². The molecule has 0 atom stereocenters. The Morgan fingerprint density at radius 2 is 0.842 bits per heavy atom. The van der Waals surface area contributed by atoms with Crippen molar-refractivity contribution in [2.24, 2.45) is 4.99 Å². The molecule has 0 fully saturated rings. The van der Waals surface area contributed by atoms with E-state index in [4.69, 9.17) is 9.98 Å². The van der Waals surface area contributed by atoms with E-state index < -0.39 is 0 Å². The van der Waals surface area contributed by atoms with Crippen LogP contribution in [-0.4, -0.2) is 11.2 Å². The van der Waals surface area contributed by atoms with E-state index in [1.54, 1.807) is 0 Å². The summed E-state index contributed by atoms with van der Waals surface area (Å²) in [7, 11) is 0. The number of hydrogen-bond donors (Lipinski definition) is 0. The van der Waals surface area contributed by atoms with Crippen LogP contribution in [0.5, 0.6) is 0 Å². The maximum Gasteiger partial charge on any atom is 0.0746 e. The molecule has 10 rings (SSSR count). The van der Waals surface area contributed by atoms with Crippen LogP contribution in [0.1, 0.15) is 24.5 Å². The summed E-state index contributed by atoms with van der Waals surface area (Å²) in [6, 6.07) is 69.6. The third-order valence-corrected chi connectivity index (χ3v) is 11.4. The minimum atomic E-state index is 0.953. The van der Waals surface area contributed by atoms with Crippen LogP contribution in [0.3, 0.4) is 0 Å². The lowest BCUT2D eigenvalue weighted by atomic mass is 9.88. The van der Waals surface area contributed by atoms with E-state index in [1.165, 1.54) is 66.1 Å². The standard InChI is InChI=1S/C55H40N2/c1-37-27-29-49-47-25-11-12-26-48(47)51-33-45(28-30-50(51)55(49)56-36-52(37)38-15-5-2-6-16-38)43-23-13-21-41(31-43)42-22-14-24-44(32-42)46-34-53(39-17-7-3-8-18-39)57-54(35-46)40-19-9-4-10-20-40/h2-26,28,30-36H,27,29H2,1H3/b52-37+,56-36?. The van der Waals surface area contributed by atoms with Crippen LogP contribution in [0, 0.1) is 0 Å². The molecule has 0 N–H and O–H groups in total. The summed E-state index contributed by atoms with van der Waals surface area (Å²) in [5, 5.41) is 4.99. The molecule has 2 heterocycles. The van der Waals surface area contributed by atoms with Crippen molar-refractivity contribution in [3.63, 3.8) is 0 Å². The Kier molecular flexibility index (Phi) is 8.93. The van der Waals surface area contributed by atoms with Gasteiger partial charge in [-0.2, -0.15) is 0 Å². The van der Waals surface area contributed by atoms with E-state index in [1.807, 2.05) is 12.1 Å². The number of pyridine rings is 1. The quantitative estimate of drug-likeness (QED) is 0.157. The number of fused-ring (bicyclic) bond motifs is 6. The van der Waals surface area contributed by atoms with Crippen molar-refractivity contribution in [2.45, 2.75) is 19.8 Å². The Bertz CT molecular complexity index is 2940. The molecule has 0 radical (unpaired) electrons. The Morgan fingerprint density at radius 1 is 0.351 bits per heavy atom. The lowest BCUT2D eigenvalue weighted by Crippen LogP contribution is -1.99. The highest BCUT2D eigenvalue weighted by Crippen LogP contribution is 2.43. The molecule has 0 spiro atoms. The largest absolute Gasteiger partial charge is 0.255 e. The lowest BCUT2D eigenvalue weighted by Gasteiger charge is -2.19. The van der Waals surface area contributed by atoms with Gasteiger partial charge in [-0.1, -0.05) is 169 Å². The SMILES string of the molecule is C/C1=C(\c2ccccc2)C=Nc2c(c3ccccc3c3cc(-c4cccc(-c5cccc(-c6cc(-c7ccccc7)nc(-c7ccccc7)c6)c5)c4)ccc23)CC1. The van der Waals surface area contributed by atoms with Crippen molar-refractivity contribution in [3.05, 3.63) is 211 Å². The third-order valence-electron chi connectivity index (χ3n) is 11.4. The topological polar surface area (TPSA) is 25.2 Å². The zero-order chi connectivity index (χ0) is 38.1. The summed E-state index contributed by atoms with van der Waals surface area (Å²) >= 11 is 0. The Hall–Kier alpha value is -7.16. The number of aryl methyl sites for hydroxylation is 1. The molecule has 0 saturated carbocycles. The average molecular weight is 729 g/mol. The third kappa shape index (κ3) is 6.66. The van der Waals surface area contributed by atoms with Crippen LogP contribution in [0.15, 0.2) is 205 Å². The van der Waals surface area contributed by atoms with Gasteiger partial charge in [0, 0.05) is 22.7 Å². The van der Waals surface area contributed by atoms with E-state index >= 15 is 0 Å². The van der Waals surface area contributed by atoms with Gasteiger partial charge in [-0.3, -0.25) is 4.99 Å². The van der Waals surface area contributed by atoms with Crippen molar-refractivity contribution in [2.75, 3.05) is 0 Å². The predicted octanol–water partition coefficient (Wildman–Crippen LogP) is 14.8. The Balaban J connectivity index is 1.05. The van der Waals surface area contributed by atoms with Gasteiger partial charge in [0.1, 0.15) is 0 Å². The highest BCUT2D eigenvalue weighted by Gasteiger charge is 2.18. The van der Waals surface area contributed by atoms with Gasteiger partial charge in [-0.15, -0.1) is 0 Å². The Morgan fingerprint density at radius 3 is 1.44 bits per heavy atom. The van der Waals surface area contributed by atoms with Crippen molar-refractivity contribution in [1.82, 2.24) is 4.98 Å². The zero-order valence-corrected chi connectivity index (χ0v) is 31.9. The van der Waals surface area contributed by atoms with Crippen LogP contribution >= 0.6 is 0 Å². The molecule has 57 heavy (non-hydrogen) atoms. The maximum atomic E-state index is 5.28. The van der Waals surface area contributed by atoms with Crippen LogP contribution < -0.4 is 0 Å². The van der Waals surface area contributed by atoms with Gasteiger partial charge in [0.25, 0.3) is 0 Å². The van der Waals surface area contributed by atoms with Gasteiger partial charge < -0.3 is 0 Å². The van der Waals surface area contributed by atoms with Gasteiger partial charge in [0.05, 0.1) is 17.1 Å². The minimum Gasteiger partial charge on any atom is -0.255 e. The van der Waals surface area contributed by atoms with Crippen LogP contribution in [0.4, 0.5) is 5.69 Å². The normalized spacial score (nSPS) is 14.0. The molecule has 270 valence electrons. The molecule has 1 aliphatic heterocycles. The summed E-state index contributed by atoms with van der Waals surface area (Å²) in [5.41, 5.74) is 17.4. The number of rotatable bonds is 6. The maximum absolute atomic E-state index is 5.28. The summed E-state index contributed by atoms with van der Waals surface area (Å²) in [4.78, 5) is 10.4. The molecule has 0 saturated heterocycles. The first-order valence-corrected chi connectivity index (χ1v) is 19.8. The molecular weight excluding hydrogens is 689 g/mol. The van der Waals surface area contributed by atoms with Crippen molar-refractivity contribution >= 4 is 39.0 Å². The summed E-state index contributed by atoms with van der Waals surface area (Å²) in [6.07, 6.45) is 4.04. The second kappa shape index (κ2) is 14.8. The van der Waals surface area contributed by atoms with Crippen molar-refractivity contribution in [3.8, 4) is 55.9 Å². The zero-order valence-electron chi connectivity index (χ0n) is 31.9. The molecular formula is C55H40N2. The summed E-state index contributed by atoms with van der Waals surface area (Å²) < 4.78 is 0. The molecule has 0 amide bonds. The van der Waals surface area contributed by atoms with Crippen molar-refractivity contribution < 1.29 is 0 Å². The second-order valence-electron chi connectivity index (χ2n) is 15.0. The fraction of sp³-hybridized carbons (Fsp3) is 0.0545. The second-order valence-corrected chi connectivity index (χ2v) is 15.0. The number of aromatic nitrogens is 1. The fourth-order valence-corrected chi connectivity index (χ4v) is 8.42. The molecule has 1 aliphatic rings. The number of allylic oxidation sites excluding steroid dienone is 2. The first kappa shape index (κ1) is 34.3. The fourth-order valence-electron chi connectivity index (χ4n) is 8.42. The minimum absolute atomic E-state index is 0.953. The first-order valence-electron chi connectivity index (χ1n) is 19.8. The van der Waals surface area contributed by atoms with E-state index in [-0.39, 0.29) is 0 Å². The van der Waals surface area contributed by atoms with E-state index in [0.717, 1.165) is 52.2 Å². The first-order chi connectivity index (χ1) is 28.2. The molecule has 0 aliphatic carbocycles. The summed E-state index contributed by atoms with van der Waals surface area (Å²) in [5.74, 6) is 0. The van der Waals surface area contributed by atoms with Gasteiger partial charge in [-0.05, 0) is 116 Å². The number of aliphatic imine (C=N–C) groups is 1. The van der Waals surface area contributed by atoms with E-state index in [9.17, 15) is 0 Å². The molecule has 0 bridgehead atoms. The van der Waals surface area contributed by atoms with Gasteiger partial charge in [-0.25, -0.2) is 4.98 Å². The average Bonchev–Trinajstić information content (AvgIpc) is 3.28. The van der Waals surface area contributed by atoms with Gasteiger partial charge in [0.2, 0.25) is 0 Å². The molecule has 1 aromatic heterocycles. The monoisotopic (exact) mass is 728 g/mol. The van der Waals surface area contributed by atoms with Gasteiger partial charge in [0.15, 0.2) is 0 Å². The van der Waals surface area contributed by atoms with Crippen LogP contribution in [0.25, 0.3) is 83.0 Å². The van der Waals surface area contributed by atoms with Crippen LogP contribution in [-0.2, 0) is 6.42 Å². The summed E-state index contributed by atoms with van der Waals surface area (Å²) in [6.45, 7) is 2.25. The number of hydrogen-bond acceptors (Lipinski definition) is 2. The molecule has 8 aromatic carbocycles. The highest BCUT2D eigenvalue weighted by atomic mass is 14.7.